The highest BCUT2D eigenvalue weighted by Crippen LogP contribution is 2.51. The number of benzene rings is 1. The van der Waals surface area contributed by atoms with Crippen LogP contribution in [-0.4, -0.2) is 30.1 Å². The molecular weight excluding hydrogens is 362 g/mol. The first-order valence-electron chi connectivity index (χ1n) is 10.8. The van der Waals surface area contributed by atoms with Gasteiger partial charge in [0, 0.05) is 24.2 Å². The quantitative estimate of drug-likeness (QED) is 0.754. The third kappa shape index (κ3) is 4.07. The fourth-order valence-electron chi connectivity index (χ4n) is 4.95. The monoisotopic (exact) mass is 393 g/mol. The minimum Gasteiger partial charge on any atom is -0.370 e. The van der Waals surface area contributed by atoms with Crippen molar-refractivity contribution in [1.82, 2.24) is 15.6 Å². The van der Waals surface area contributed by atoms with E-state index in [9.17, 15) is 4.79 Å². The summed E-state index contributed by atoms with van der Waals surface area (Å²) in [7, 11) is 0. The molecule has 0 saturated carbocycles. The molecule has 2 heterocycles. The van der Waals surface area contributed by atoms with Gasteiger partial charge in [0.15, 0.2) is 0 Å². The zero-order valence-corrected chi connectivity index (χ0v) is 17.2. The van der Waals surface area contributed by atoms with Crippen LogP contribution in [-0.2, 0) is 21.6 Å². The SMILES string of the molecule is CCCCC(=O)N[C@@H]1c2ccccc2C2(CCNCC2)[C@H]1OCc1cccnc1. The van der Waals surface area contributed by atoms with E-state index in [0.29, 0.717) is 13.0 Å². The second-order valence-corrected chi connectivity index (χ2v) is 8.24. The third-order valence-corrected chi connectivity index (χ3v) is 6.40. The summed E-state index contributed by atoms with van der Waals surface area (Å²) in [6.07, 6.45) is 8.09. The first-order chi connectivity index (χ1) is 14.2. The highest BCUT2D eigenvalue weighted by Gasteiger charge is 2.53. The van der Waals surface area contributed by atoms with Gasteiger partial charge in [-0.3, -0.25) is 9.78 Å². The Hall–Kier alpha value is -2.24. The molecule has 1 amide bonds. The lowest BCUT2D eigenvalue weighted by molar-refractivity contribution is -0.124. The van der Waals surface area contributed by atoms with Gasteiger partial charge in [-0.2, -0.15) is 0 Å². The summed E-state index contributed by atoms with van der Waals surface area (Å²) in [5.74, 6) is 0.118. The summed E-state index contributed by atoms with van der Waals surface area (Å²) < 4.78 is 6.60. The summed E-state index contributed by atoms with van der Waals surface area (Å²) in [5, 5.41) is 6.82. The van der Waals surface area contributed by atoms with Crippen molar-refractivity contribution >= 4 is 5.91 Å². The van der Waals surface area contributed by atoms with Gasteiger partial charge in [-0.05, 0) is 55.1 Å². The summed E-state index contributed by atoms with van der Waals surface area (Å²) >= 11 is 0. The van der Waals surface area contributed by atoms with E-state index in [1.165, 1.54) is 11.1 Å². The molecule has 154 valence electrons. The molecule has 1 saturated heterocycles. The van der Waals surface area contributed by atoms with Crippen LogP contribution in [0.2, 0.25) is 0 Å². The van der Waals surface area contributed by atoms with Crippen molar-refractivity contribution in [3.63, 3.8) is 0 Å². The fraction of sp³-hybridized carbons (Fsp3) is 0.500. The van der Waals surface area contributed by atoms with Crippen molar-refractivity contribution in [3.8, 4) is 0 Å². The Morgan fingerprint density at radius 2 is 2.07 bits per heavy atom. The van der Waals surface area contributed by atoms with Crippen LogP contribution in [0, 0.1) is 0 Å². The molecule has 5 nitrogen and oxygen atoms in total. The molecule has 1 spiro atoms. The highest BCUT2D eigenvalue weighted by atomic mass is 16.5. The Morgan fingerprint density at radius 3 is 2.83 bits per heavy atom. The molecule has 0 unspecified atom stereocenters. The molecule has 29 heavy (non-hydrogen) atoms. The summed E-state index contributed by atoms with van der Waals surface area (Å²) in [4.78, 5) is 16.9. The van der Waals surface area contributed by atoms with Crippen molar-refractivity contribution in [2.24, 2.45) is 0 Å². The Labute approximate surface area is 173 Å². The van der Waals surface area contributed by atoms with Gasteiger partial charge in [0.1, 0.15) is 0 Å². The molecule has 4 rings (SSSR count). The Morgan fingerprint density at radius 1 is 1.24 bits per heavy atom. The number of nitrogens with one attached hydrogen (secondary N) is 2. The highest BCUT2D eigenvalue weighted by molar-refractivity contribution is 5.77. The Kier molecular flexibility index (Phi) is 6.26. The lowest BCUT2D eigenvalue weighted by atomic mass is 9.72. The summed E-state index contributed by atoms with van der Waals surface area (Å²) in [5.41, 5.74) is 3.56. The van der Waals surface area contributed by atoms with Crippen LogP contribution in [0.25, 0.3) is 0 Å². The molecule has 1 aliphatic heterocycles. The molecule has 1 aromatic carbocycles. The van der Waals surface area contributed by atoms with Crippen molar-refractivity contribution in [2.75, 3.05) is 13.1 Å². The van der Waals surface area contributed by atoms with Crippen LogP contribution in [0.5, 0.6) is 0 Å². The van der Waals surface area contributed by atoms with E-state index >= 15 is 0 Å². The number of aromatic nitrogens is 1. The van der Waals surface area contributed by atoms with Gasteiger partial charge in [-0.15, -0.1) is 0 Å². The lowest BCUT2D eigenvalue weighted by Crippen LogP contribution is -2.49. The van der Waals surface area contributed by atoms with Crippen molar-refractivity contribution < 1.29 is 9.53 Å². The van der Waals surface area contributed by atoms with Crippen molar-refractivity contribution in [3.05, 3.63) is 65.5 Å². The Bertz CT molecular complexity index is 818. The maximum Gasteiger partial charge on any atom is 0.220 e. The first-order valence-corrected chi connectivity index (χ1v) is 10.8. The maximum absolute atomic E-state index is 12.7. The van der Waals surface area contributed by atoms with E-state index in [-0.39, 0.29) is 23.5 Å². The number of carbonyl (C=O) groups is 1. The van der Waals surface area contributed by atoms with Crippen LogP contribution in [0.4, 0.5) is 0 Å². The largest absolute Gasteiger partial charge is 0.370 e. The van der Waals surface area contributed by atoms with Crippen LogP contribution < -0.4 is 10.6 Å². The van der Waals surface area contributed by atoms with E-state index in [4.69, 9.17) is 4.74 Å². The fourth-order valence-corrected chi connectivity index (χ4v) is 4.95. The van der Waals surface area contributed by atoms with Crippen molar-refractivity contribution in [2.45, 2.75) is 63.2 Å². The number of pyridine rings is 1. The smallest absolute Gasteiger partial charge is 0.220 e. The molecule has 1 aromatic heterocycles. The molecule has 1 aliphatic carbocycles. The number of nitrogens with zero attached hydrogens (tertiary/aromatic N) is 1. The van der Waals surface area contributed by atoms with Gasteiger partial charge in [-0.1, -0.05) is 43.7 Å². The number of hydrogen-bond acceptors (Lipinski definition) is 4. The molecule has 2 N–H and O–H groups in total. The molecule has 5 heteroatoms. The van der Waals surface area contributed by atoms with E-state index in [1.54, 1.807) is 6.20 Å². The number of unbranched alkanes of at least 4 members (excludes halogenated alkanes) is 1. The van der Waals surface area contributed by atoms with Crippen LogP contribution in [0.1, 0.15) is 61.8 Å². The van der Waals surface area contributed by atoms with Crippen LogP contribution >= 0.6 is 0 Å². The number of hydrogen-bond donors (Lipinski definition) is 2. The predicted octanol–water partition coefficient (Wildman–Crippen LogP) is 3.65. The van der Waals surface area contributed by atoms with Crippen LogP contribution in [0.3, 0.4) is 0 Å². The average molecular weight is 394 g/mol. The second-order valence-electron chi connectivity index (χ2n) is 8.24. The van der Waals surface area contributed by atoms with E-state index < -0.39 is 0 Å². The topological polar surface area (TPSA) is 63.2 Å². The maximum atomic E-state index is 12.7. The zero-order valence-electron chi connectivity index (χ0n) is 17.2. The minimum absolute atomic E-state index is 0.0627. The number of rotatable bonds is 7. The van der Waals surface area contributed by atoms with Gasteiger partial charge in [-0.25, -0.2) is 0 Å². The van der Waals surface area contributed by atoms with Gasteiger partial charge in [0.25, 0.3) is 0 Å². The Balaban J connectivity index is 1.65. The van der Waals surface area contributed by atoms with E-state index in [2.05, 4.69) is 46.8 Å². The molecule has 0 radical (unpaired) electrons. The number of fused-ring (bicyclic) bond motifs is 2. The van der Waals surface area contributed by atoms with E-state index in [0.717, 1.165) is 44.3 Å². The van der Waals surface area contributed by atoms with Gasteiger partial charge >= 0.3 is 0 Å². The van der Waals surface area contributed by atoms with Gasteiger partial charge in [0.2, 0.25) is 5.91 Å². The van der Waals surface area contributed by atoms with Crippen LogP contribution in [0.15, 0.2) is 48.8 Å². The first kappa shape index (κ1) is 20.0. The number of ether oxygens (including phenoxy) is 1. The molecule has 2 aliphatic rings. The molecule has 0 bridgehead atoms. The van der Waals surface area contributed by atoms with Gasteiger partial charge < -0.3 is 15.4 Å². The molecule has 2 aromatic rings. The number of piperidine rings is 1. The normalized spacial score (nSPS) is 22.4. The summed E-state index contributed by atoms with van der Waals surface area (Å²) in [6.45, 7) is 4.56. The number of carbonyl (C=O) groups excluding carboxylic acids is 1. The zero-order chi connectivity index (χ0) is 20.1. The molecule has 1 fully saturated rings. The predicted molar refractivity (Wildman–Crippen MR) is 113 cm³/mol. The molecule has 2 atom stereocenters. The van der Waals surface area contributed by atoms with E-state index in [1.807, 2.05) is 18.3 Å². The lowest BCUT2D eigenvalue weighted by Gasteiger charge is -2.41. The number of amides is 1. The van der Waals surface area contributed by atoms with Gasteiger partial charge in [0.05, 0.1) is 18.8 Å². The minimum atomic E-state index is -0.106. The summed E-state index contributed by atoms with van der Waals surface area (Å²) in [6, 6.07) is 12.5. The standard InChI is InChI=1S/C24H31N3O2/c1-2-3-10-21(28)27-22-19-8-4-5-9-20(19)24(11-14-25-15-12-24)23(22)29-17-18-7-6-13-26-16-18/h4-9,13,16,22-23,25H,2-3,10-12,14-15,17H2,1H3,(H,27,28)/t22-,23+/m1/s1. The second kappa shape index (κ2) is 9.06. The molecular formula is C24H31N3O2. The van der Waals surface area contributed by atoms with Crippen molar-refractivity contribution in [1.29, 1.82) is 0 Å². The third-order valence-electron chi connectivity index (χ3n) is 6.40. The average Bonchev–Trinajstić information content (AvgIpc) is 3.01.